The minimum absolute atomic E-state index is 0.0405. The molecule has 1 aromatic heterocycles. The van der Waals surface area contributed by atoms with Crippen LogP contribution in [0.2, 0.25) is 0 Å². The van der Waals surface area contributed by atoms with E-state index in [4.69, 9.17) is 5.73 Å². The Morgan fingerprint density at radius 3 is 3.00 bits per heavy atom. The molecule has 18 heavy (non-hydrogen) atoms. The number of hydrogen-bond donors (Lipinski definition) is 2. The van der Waals surface area contributed by atoms with Crippen molar-refractivity contribution in [1.82, 2.24) is 15.6 Å². The highest BCUT2D eigenvalue weighted by atomic mass is 16.6. The Hall–Kier alpha value is -1.59. The van der Waals surface area contributed by atoms with Crippen LogP contribution in [-0.4, -0.2) is 22.8 Å². The average molecular weight is 252 g/mol. The number of nitrogens with two attached hydrogens (primary N) is 1. The third-order valence-corrected chi connectivity index (χ3v) is 3.61. The van der Waals surface area contributed by atoms with Crippen LogP contribution in [0.15, 0.2) is 4.63 Å². The summed E-state index contributed by atoms with van der Waals surface area (Å²) in [5, 5.41) is 9.65. The fraction of sp³-hybridized carbons (Fsp3) is 0.750. The van der Waals surface area contributed by atoms with E-state index in [1.807, 2.05) is 0 Å². The lowest BCUT2D eigenvalue weighted by atomic mass is 9.81. The normalized spacial score (nSPS) is 23.8. The maximum atomic E-state index is 11.7. The molecule has 1 fully saturated rings. The highest BCUT2D eigenvalue weighted by Gasteiger charge is 2.20. The Balaban J connectivity index is 1.72. The number of nitrogens with zero attached hydrogens (tertiary/aromatic N) is 2. The second-order valence-electron chi connectivity index (χ2n) is 5.18. The summed E-state index contributed by atoms with van der Waals surface area (Å²) in [5.41, 5.74) is 5.52. The lowest BCUT2D eigenvalue weighted by molar-refractivity contribution is 0.0940. The molecule has 6 nitrogen and oxygen atoms in total. The lowest BCUT2D eigenvalue weighted by Crippen LogP contribution is -2.28. The second kappa shape index (κ2) is 5.84. The number of nitrogen functional groups attached to an aromatic ring is 1. The van der Waals surface area contributed by atoms with E-state index in [1.54, 1.807) is 0 Å². The van der Waals surface area contributed by atoms with Gasteiger partial charge in [-0.1, -0.05) is 26.2 Å². The molecule has 1 aromatic rings. The Bertz CT molecular complexity index is 405. The minimum atomic E-state index is -0.308. The Kier molecular flexibility index (Phi) is 4.17. The predicted molar refractivity (Wildman–Crippen MR) is 66.8 cm³/mol. The van der Waals surface area contributed by atoms with Crippen molar-refractivity contribution in [2.45, 2.75) is 39.0 Å². The number of rotatable bonds is 4. The summed E-state index contributed by atoms with van der Waals surface area (Å²) in [7, 11) is 0. The van der Waals surface area contributed by atoms with E-state index >= 15 is 0 Å². The molecule has 0 bridgehead atoms. The standard InChI is InChI=1S/C12H20N4O2/c1-8-3-2-4-9(7-8)5-6-14-12(17)10-11(13)16-18-15-10/h8-9H,2-7H2,1H3,(H2,13,16)(H,14,17). The number of amides is 1. The topological polar surface area (TPSA) is 94.0 Å². The molecule has 100 valence electrons. The smallest absolute Gasteiger partial charge is 0.277 e. The van der Waals surface area contributed by atoms with Crippen LogP contribution < -0.4 is 11.1 Å². The van der Waals surface area contributed by atoms with Gasteiger partial charge < -0.3 is 11.1 Å². The molecule has 0 spiro atoms. The predicted octanol–water partition coefficient (Wildman–Crippen LogP) is 1.60. The fourth-order valence-corrected chi connectivity index (χ4v) is 2.65. The maximum Gasteiger partial charge on any atom is 0.277 e. The van der Waals surface area contributed by atoms with Gasteiger partial charge in [0.1, 0.15) is 0 Å². The number of nitrogens with one attached hydrogen (secondary N) is 1. The minimum Gasteiger partial charge on any atom is -0.379 e. The molecule has 0 saturated heterocycles. The monoisotopic (exact) mass is 252 g/mol. The maximum absolute atomic E-state index is 11.7. The van der Waals surface area contributed by atoms with Crippen LogP contribution >= 0.6 is 0 Å². The van der Waals surface area contributed by atoms with Gasteiger partial charge in [-0.05, 0) is 35.0 Å². The van der Waals surface area contributed by atoms with Crippen molar-refractivity contribution in [1.29, 1.82) is 0 Å². The first-order chi connectivity index (χ1) is 8.66. The van der Waals surface area contributed by atoms with E-state index in [-0.39, 0.29) is 17.4 Å². The number of hydrogen-bond acceptors (Lipinski definition) is 5. The summed E-state index contributed by atoms with van der Waals surface area (Å²) in [5.74, 6) is 1.27. The van der Waals surface area contributed by atoms with Crippen LogP contribution in [0.1, 0.15) is 49.5 Å². The second-order valence-corrected chi connectivity index (χ2v) is 5.18. The molecule has 2 rings (SSSR count). The summed E-state index contributed by atoms with van der Waals surface area (Å²) in [6.45, 7) is 2.95. The van der Waals surface area contributed by atoms with Gasteiger partial charge in [-0.3, -0.25) is 4.79 Å². The molecule has 1 heterocycles. The molecule has 1 aliphatic carbocycles. The molecule has 6 heteroatoms. The summed E-state index contributed by atoms with van der Waals surface area (Å²) < 4.78 is 4.39. The first kappa shape index (κ1) is 12.9. The van der Waals surface area contributed by atoms with Gasteiger partial charge in [-0.25, -0.2) is 4.63 Å². The van der Waals surface area contributed by atoms with Crippen molar-refractivity contribution in [3.63, 3.8) is 0 Å². The molecule has 0 aliphatic heterocycles. The third kappa shape index (κ3) is 3.21. The largest absolute Gasteiger partial charge is 0.379 e. The lowest BCUT2D eigenvalue weighted by Gasteiger charge is -2.26. The van der Waals surface area contributed by atoms with Gasteiger partial charge in [0, 0.05) is 6.54 Å². The zero-order valence-corrected chi connectivity index (χ0v) is 10.7. The van der Waals surface area contributed by atoms with Gasteiger partial charge in [0.2, 0.25) is 11.5 Å². The number of anilines is 1. The summed E-state index contributed by atoms with van der Waals surface area (Å²) in [6.07, 6.45) is 6.20. The van der Waals surface area contributed by atoms with E-state index in [2.05, 4.69) is 27.2 Å². The average Bonchev–Trinajstić information content (AvgIpc) is 2.75. The van der Waals surface area contributed by atoms with E-state index < -0.39 is 0 Å². The van der Waals surface area contributed by atoms with Crippen LogP contribution in [-0.2, 0) is 0 Å². The highest BCUT2D eigenvalue weighted by Crippen LogP contribution is 2.30. The van der Waals surface area contributed by atoms with Gasteiger partial charge in [0.15, 0.2) is 0 Å². The van der Waals surface area contributed by atoms with Gasteiger partial charge in [-0.2, -0.15) is 0 Å². The molecular weight excluding hydrogens is 232 g/mol. The van der Waals surface area contributed by atoms with Crippen LogP contribution in [0.5, 0.6) is 0 Å². The van der Waals surface area contributed by atoms with Gasteiger partial charge in [-0.15, -0.1) is 0 Å². The van der Waals surface area contributed by atoms with Crippen molar-refractivity contribution in [2.24, 2.45) is 11.8 Å². The van der Waals surface area contributed by atoms with Crippen LogP contribution in [0.4, 0.5) is 5.82 Å². The quantitative estimate of drug-likeness (QED) is 0.848. The van der Waals surface area contributed by atoms with Crippen LogP contribution in [0.25, 0.3) is 0 Å². The Labute approximate surface area is 106 Å². The Morgan fingerprint density at radius 2 is 2.33 bits per heavy atom. The third-order valence-electron chi connectivity index (χ3n) is 3.61. The first-order valence-corrected chi connectivity index (χ1v) is 6.53. The van der Waals surface area contributed by atoms with Crippen molar-refractivity contribution >= 4 is 11.7 Å². The van der Waals surface area contributed by atoms with Crippen molar-refractivity contribution in [3.8, 4) is 0 Å². The van der Waals surface area contributed by atoms with Gasteiger partial charge in [0.25, 0.3) is 5.91 Å². The van der Waals surface area contributed by atoms with Gasteiger partial charge >= 0.3 is 0 Å². The summed E-state index contributed by atoms with van der Waals surface area (Å²) in [4.78, 5) is 11.7. The van der Waals surface area contributed by atoms with E-state index in [1.165, 1.54) is 25.7 Å². The van der Waals surface area contributed by atoms with E-state index in [9.17, 15) is 4.79 Å². The molecule has 1 aliphatic rings. The zero-order valence-electron chi connectivity index (χ0n) is 10.7. The molecule has 0 aromatic carbocycles. The van der Waals surface area contributed by atoms with Crippen molar-refractivity contribution in [2.75, 3.05) is 12.3 Å². The summed E-state index contributed by atoms with van der Waals surface area (Å²) in [6, 6.07) is 0. The van der Waals surface area contributed by atoms with Crippen LogP contribution in [0.3, 0.4) is 0 Å². The Morgan fingerprint density at radius 1 is 1.50 bits per heavy atom. The molecule has 2 atom stereocenters. The number of carbonyl (C=O) groups excluding carboxylic acids is 1. The SMILES string of the molecule is CC1CCCC(CCNC(=O)c2nonc2N)C1. The van der Waals surface area contributed by atoms with Gasteiger partial charge in [0.05, 0.1) is 0 Å². The zero-order chi connectivity index (χ0) is 13.0. The van der Waals surface area contributed by atoms with Crippen molar-refractivity contribution in [3.05, 3.63) is 5.69 Å². The highest BCUT2D eigenvalue weighted by molar-refractivity contribution is 5.95. The molecule has 3 N–H and O–H groups in total. The molecule has 2 unspecified atom stereocenters. The van der Waals surface area contributed by atoms with Crippen molar-refractivity contribution < 1.29 is 9.42 Å². The van der Waals surface area contributed by atoms with E-state index in [0.29, 0.717) is 6.54 Å². The summed E-state index contributed by atoms with van der Waals surface area (Å²) >= 11 is 0. The molecule has 0 radical (unpaired) electrons. The number of aromatic nitrogens is 2. The fourth-order valence-electron chi connectivity index (χ4n) is 2.65. The number of carbonyl (C=O) groups is 1. The first-order valence-electron chi connectivity index (χ1n) is 6.53. The van der Waals surface area contributed by atoms with E-state index in [0.717, 1.165) is 18.3 Å². The molecule has 1 amide bonds. The molecule has 1 saturated carbocycles. The molecular formula is C12H20N4O2. The van der Waals surface area contributed by atoms with Crippen LogP contribution in [0, 0.1) is 11.8 Å².